The minimum absolute atomic E-state index is 0.134. The molecule has 0 amide bonds. The molecule has 2 N–H and O–H groups in total. The Kier molecular flexibility index (Phi) is 7.17. The molecule has 3 aromatic carbocycles. The molecule has 154 valence electrons. The molecule has 0 fully saturated rings. The zero-order valence-corrected chi connectivity index (χ0v) is 17.4. The van der Waals surface area contributed by atoms with Crippen molar-refractivity contribution in [3.63, 3.8) is 0 Å². The number of halogens is 2. The van der Waals surface area contributed by atoms with E-state index in [1.54, 1.807) is 60.8 Å². The highest BCUT2D eigenvalue weighted by Gasteiger charge is 2.10. The lowest BCUT2D eigenvalue weighted by Gasteiger charge is -2.13. The molecule has 0 saturated heterocycles. The van der Waals surface area contributed by atoms with E-state index >= 15 is 0 Å². The van der Waals surface area contributed by atoms with E-state index in [4.69, 9.17) is 32.7 Å². The Hall–Kier alpha value is -3.22. The number of anilines is 1. The number of methoxy groups -OCH3 is 1. The Morgan fingerprint density at radius 2 is 1.80 bits per heavy atom. The molecule has 3 rings (SSSR count). The molecule has 8 heteroatoms. The number of hydrogen-bond donors (Lipinski definition) is 2. The van der Waals surface area contributed by atoms with Crippen molar-refractivity contribution in [2.45, 2.75) is 6.61 Å². The summed E-state index contributed by atoms with van der Waals surface area (Å²) < 4.78 is 11.2. The average molecular weight is 445 g/mol. The van der Waals surface area contributed by atoms with Gasteiger partial charge < -0.3 is 14.6 Å². The van der Waals surface area contributed by atoms with Gasteiger partial charge in [0.05, 0.1) is 24.6 Å². The van der Waals surface area contributed by atoms with Gasteiger partial charge in [0.15, 0.2) is 11.5 Å². The number of nitrogens with one attached hydrogen (secondary N) is 1. The van der Waals surface area contributed by atoms with Crippen molar-refractivity contribution < 1.29 is 19.4 Å². The van der Waals surface area contributed by atoms with E-state index in [2.05, 4.69) is 10.5 Å². The van der Waals surface area contributed by atoms with Crippen LogP contribution in [0.2, 0.25) is 10.0 Å². The number of carboxylic acid groups (broad SMARTS) is 1. The summed E-state index contributed by atoms with van der Waals surface area (Å²) in [7, 11) is 1.53. The van der Waals surface area contributed by atoms with E-state index in [0.717, 1.165) is 5.56 Å². The molecule has 0 aliphatic heterocycles. The molecule has 0 heterocycles. The lowest BCUT2D eigenvalue weighted by Crippen LogP contribution is -2.02. The van der Waals surface area contributed by atoms with Crippen LogP contribution >= 0.6 is 23.2 Å². The van der Waals surface area contributed by atoms with Gasteiger partial charge in [-0.2, -0.15) is 5.10 Å². The van der Waals surface area contributed by atoms with Gasteiger partial charge in [-0.25, -0.2) is 4.79 Å². The minimum atomic E-state index is -1.03. The smallest absolute Gasteiger partial charge is 0.337 e. The molecule has 0 atom stereocenters. The molecule has 0 saturated carbocycles. The maximum Gasteiger partial charge on any atom is 0.337 e. The summed E-state index contributed by atoms with van der Waals surface area (Å²) in [5.74, 6) is -0.00188. The van der Waals surface area contributed by atoms with Crippen molar-refractivity contribution in [2.24, 2.45) is 5.10 Å². The van der Waals surface area contributed by atoms with Crippen LogP contribution in [0.5, 0.6) is 11.5 Å². The Morgan fingerprint density at radius 3 is 2.50 bits per heavy atom. The Bertz CT molecular complexity index is 1070. The summed E-state index contributed by atoms with van der Waals surface area (Å²) in [6, 6.07) is 17.1. The zero-order valence-electron chi connectivity index (χ0n) is 15.9. The number of benzene rings is 3. The van der Waals surface area contributed by atoms with E-state index in [0.29, 0.717) is 32.8 Å². The largest absolute Gasteiger partial charge is 0.493 e. The van der Waals surface area contributed by atoms with Crippen molar-refractivity contribution in [1.82, 2.24) is 0 Å². The fourth-order valence-corrected chi connectivity index (χ4v) is 3.15. The summed E-state index contributed by atoms with van der Waals surface area (Å²) in [4.78, 5) is 11.2. The summed E-state index contributed by atoms with van der Waals surface area (Å²) in [6.07, 6.45) is 1.55. The first-order valence-electron chi connectivity index (χ1n) is 8.84. The van der Waals surface area contributed by atoms with Crippen molar-refractivity contribution in [3.8, 4) is 11.5 Å². The zero-order chi connectivity index (χ0) is 21.5. The molecule has 0 unspecified atom stereocenters. The maximum atomic E-state index is 11.2. The standard InChI is InChI=1S/C22H18Cl2N2O4/c1-29-21-11-14(12-25-26-19-8-3-2-5-15(19)22(27)28)9-10-20(21)30-13-16-17(23)6-4-7-18(16)24/h2-12,26H,13H2,1H3,(H,27,28)/b25-12+. The van der Waals surface area contributed by atoms with E-state index in [1.807, 2.05) is 0 Å². The van der Waals surface area contributed by atoms with Crippen LogP contribution in [0.4, 0.5) is 5.69 Å². The fourth-order valence-electron chi connectivity index (χ4n) is 2.65. The molecule has 0 aromatic heterocycles. The van der Waals surface area contributed by atoms with Crippen molar-refractivity contribution in [2.75, 3.05) is 12.5 Å². The molecule has 0 bridgehead atoms. The monoisotopic (exact) mass is 444 g/mol. The SMILES string of the molecule is COc1cc(/C=N/Nc2ccccc2C(=O)O)ccc1OCc1c(Cl)cccc1Cl. The summed E-state index contributed by atoms with van der Waals surface area (Å²) in [5.41, 5.74) is 4.69. The molecule has 3 aromatic rings. The third-order valence-electron chi connectivity index (χ3n) is 4.18. The number of nitrogens with zero attached hydrogens (tertiary/aromatic N) is 1. The Labute approximate surface area is 183 Å². The van der Waals surface area contributed by atoms with Crippen LogP contribution in [-0.2, 0) is 6.61 Å². The van der Waals surface area contributed by atoms with Gasteiger partial charge in [0.2, 0.25) is 0 Å². The highest BCUT2D eigenvalue weighted by Crippen LogP contribution is 2.31. The van der Waals surface area contributed by atoms with Gasteiger partial charge in [-0.15, -0.1) is 0 Å². The second-order valence-corrected chi connectivity index (χ2v) is 6.93. The molecule has 6 nitrogen and oxygen atoms in total. The first-order valence-corrected chi connectivity index (χ1v) is 9.60. The number of hydrazone groups is 1. The minimum Gasteiger partial charge on any atom is -0.493 e. The van der Waals surface area contributed by atoms with Gasteiger partial charge >= 0.3 is 5.97 Å². The van der Waals surface area contributed by atoms with Gasteiger partial charge in [-0.05, 0) is 48.0 Å². The number of carboxylic acids is 1. The Balaban J connectivity index is 1.71. The molecular weight excluding hydrogens is 427 g/mol. The number of para-hydroxylation sites is 1. The highest BCUT2D eigenvalue weighted by molar-refractivity contribution is 6.35. The first kappa shape index (κ1) is 21.5. The van der Waals surface area contributed by atoms with Crippen LogP contribution < -0.4 is 14.9 Å². The second-order valence-electron chi connectivity index (χ2n) is 6.12. The maximum absolute atomic E-state index is 11.2. The van der Waals surface area contributed by atoms with Gasteiger partial charge in [-0.1, -0.05) is 41.4 Å². The van der Waals surface area contributed by atoms with Gasteiger partial charge in [0.1, 0.15) is 6.61 Å². The van der Waals surface area contributed by atoms with Crippen molar-refractivity contribution >= 4 is 41.1 Å². The predicted octanol–water partition coefficient (Wildman–Crippen LogP) is 5.73. The number of aromatic carboxylic acids is 1. The summed E-state index contributed by atoms with van der Waals surface area (Å²) >= 11 is 12.4. The predicted molar refractivity (Wildman–Crippen MR) is 118 cm³/mol. The first-order chi connectivity index (χ1) is 14.5. The van der Waals surface area contributed by atoms with Crippen LogP contribution in [-0.4, -0.2) is 24.4 Å². The third-order valence-corrected chi connectivity index (χ3v) is 4.89. The quantitative estimate of drug-likeness (QED) is 0.342. The molecule has 0 radical (unpaired) electrons. The van der Waals surface area contributed by atoms with E-state index < -0.39 is 5.97 Å². The van der Waals surface area contributed by atoms with Gasteiger partial charge in [0.25, 0.3) is 0 Å². The summed E-state index contributed by atoms with van der Waals surface area (Å²) in [5, 5.41) is 14.4. The van der Waals surface area contributed by atoms with Crippen molar-refractivity contribution in [1.29, 1.82) is 0 Å². The molecule has 30 heavy (non-hydrogen) atoms. The topological polar surface area (TPSA) is 80.2 Å². The number of carbonyl (C=O) groups is 1. The number of hydrogen-bond acceptors (Lipinski definition) is 5. The van der Waals surface area contributed by atoms with Crippen LogP contribution in [0, 0.1) is 0 Å². The lowest BCUT2D eigenvalue weighted by atomic mass is 10.2. The number of rotatable bonds is 8. The van der Waals surface area contributed by atoms with Gasteiger partial charge in [-0.3, -0.25) is 5.43 Å². The highest BCUT2D eigenvalue weighted by atomic mass is 35.5. The summed E-state index contributed by atoms with van der Waals surface area (Å²) in [6.45, 7) is 0.190. The number of ether oxygens (including phenoxy) is 2. The normalized spacial score (nSPS) is 10.8. The average Bonchev–Trinajstić information content (AvgIpc) is 2.74. The molecule has 0 aliphatic carbocycles. The third kappa shape index (κ3) is 5.23. The van der Waals surface area contributed by atoms with Crippen LogP contribution in [0.3, 0.4) is 0 Å². The lowest BCUT2D eigenvalue weighted by molar-refractivity contribution is 0.0698. The van der Waals surface area contributed by atoms with Gasteiger partial charge in [0, 0.05) is 15.6 Å². The Morgan fingerprint density at radius 1 is 1.07 bits per heavy atom. The van der Waals surface area contributed by atoms with Crippen LogP contribution in [0.15, 0.2) is 65.8 Å². The van der Waals surface area contributed by atoms with E-state index in [-0.39, 0.29) is 12.2 Å². The van der Waals surface area contributed by atoms with Crippen LogP contribution in [0.25, 0.3) is 0 Å². The fraction of sp³-hybridized carbons (Fsp3) is 0.0909. The molecular formula is C22H18Cl2N2O4. The second kappa shape index (κ2) is 10.0. The van der Waals surface area contributed by atoms with Crippen LogP contribution in [0.1, 0.15) is 21.5 Å². The molecule has 0 aliphatic rings. The van der Waals surface area contributed by atoms with Crippen molar-refractivity contribution in [3.05, 3.63) is 87.4 Å². The van der Waals surface area contributed by atoms with E-state index in [1.165, 1.54) is 13.2 Å². The van der Waals surface area contributed by atoms with E-state index in [9.17, 15) is 9.90 Å². The molecule has 0 spiro atoms.